The molecule has 0 N–H and O–H groups in total. The van der Waals surface area contributed by atoms with Crippen molar-refractivity contribution in [1.29, 1.82) is 5.26 Å². The van der Waals surface area contributed by atoms with Crippen LogP contribution in [0.15, 0.2) is 24.5 Å². The van der Waals surface area contributed by atoms with E-state index in [1.54, 1.807) is 22.9 Å². The lowest BCUT2D eigenvalue weighted by atomic mass is 10.5. The highest BCUT2D eigenvalue weighted by Gasteiger charge is 2.06. The van der Waals surface area contributed by atoms with E-state index < -0.39 is 0 Å². The SMILES string of the molecule is N#Cc1nccn1-c1ccc2nnnn2n1. The van der Waals surface area contributed by atoms with Crippen molar-refractivity contribution < 1.29 is 0 Å². The number of nitrogens with zero attached hydrogens (tertiary/aromatic N) is 8. The summed E-state index contributed by atoms with van der Waals surface area (Å²) in [5.74, 6) is 0.800. The monoisotopic (exact) mass is 212 g/mol. The summed E-state index contributed by atoms with van der Waals surface area (Å²) in [4.78, 5) is 3.88. The van der Waals surface area contributed by atoms with Crippen LogP contribution in [0.2, 0.25) is 0 Å². The van der Waals surface area contributed by atoms with Crippen LogP contribution >= 0.6 is 0 Å². The molecule has 0 atom stereocenters. The lowest BCUT2D eigenvalue weighted by Crippen LogP contribution is -2.04. The Kier molecular flexibility index (Phi) is 1.64. The van der Waals surface area contributed by atoms with E-state index in [1.165, 1.54) is 10.8 Å². The highest BCUT2D eigenvalue weighted by atomic mass is 15.6. The molecule has 0 aliphatic carbocycles. The first-order valence-corrected chi connectivity index (χ1v) is 4.38. The predicted molar refractivity (Wildman–Crippen MR) is 50.4 cm³/mol. The lowest BCUT2D eigenvalue weighted by molar-refractivity contribution is 0.716. The first-order valence-electron chi connectivity index (χ1n) is 4.38. The van der Waals surface area contributed by atoms with E-state index in [4.69, 9.17) is 5.26 Å². The van der Waals surface area contributed by atoms with Gasteiger partial charge in [0.15, 0.2) is 11.5 Å². The van der Waals surface area contributed by atoms with Gasteiger partial charge in [-0.05, 0) is 22.6 Å². The Morgan fingerprint density at radius 2 is 2.25 bits per heavy atom. The van der Waals surface area contributed by atoms with Gasteiger partial charge >= 0.3 is 0 Å². The lowest BCUT2D eigenvalue weighted by Gasteiger charge is -2.00. The van der Waals surface area contributed by atoms with E-state index in [-0.39, 0.29) is 5.82 Å². The number of aromatic nitrogens is 7. The Labute approximate surface area is 88.8 Å². The first kappa shape index (κ1) is 8.49. The van der Waals surface area contributed by atoms with Crippen LogP contribution in [0.5, 0.6) is 0 Å². The van der Waals surface area contributed by atoms with Crippen LogP contribution in [0.4, 0.5) is 0 Å². The van der Waals surface area contributed by atoms with Crippen molar-refractivity contribution in [2.75, 3.05) is 0 Å². The summed E-state index contributed by atoms with van der Waals surface area (Å²) in [7, 11) is 0. The van der Waals surface area contributed by atoms with Gasteiger partial charge in [0.2, 0.25) is 5.82 Å². The molecular formula is C8H4N8. The van der Waals surface area contributed by atoms with Gasteiger partial charge in [-0.3, -0.25) is 4.57 Å². The Morgan fingerprint density at radius 3 is 3.12 bits per heavy atom. The maximum absolute atomic E-state index is 8.83. The second kappa shape index (κ2) is 3.09. The van der Waals surface area contributed by atoms with E-state index in [1.807, 2.05) is 6.07 Å². The molecule has 3 aromatic rings. The second-order valence-corrected chi connectivity index (χ2v) is 2.95. The van der Waals surface area contributed by atoms with Gasteiger partial charge in [0, 0.05) is 12.4 Å². The Bertz CT molecular complexity index is 687. The maximum atomic E-state index is 8.83. The molecule has 8 nitrogen and oxygen atoms in total. The van der Waals surface area contributed by atoms with Crippen molar-refractivity contribution in [2.24, 2.45) is 0 Å². The molecule has 16 heavy (non-hydrogen) atoms. The highest BCUT2D eigenvalue weighted by molar-refractivity contribution is 5.38. The fraction of sp³-hybridized carbons (Fsp3) is 0. The molecule has 3 rings (SSSR count). The van der Waals surface area contributed by atoms with Crippen LogP contribution in [0.1, 0.15) is 5.82 Å². The third-order valence-electron chi connectivity index (χ3n) is 2.04. The summed E-state index contributed by atoms with van der Waals surface area (Å²) >= 11 is 0. The van der Waals surface area contributed by atoms with Crippen molar-refractivity contribution in [2.45, 2.75) is 0 Å². The molecule has 76 valence electrons. The van der Waals surface area contributed by atoms with Crippen molar-refractivity contribution >= 4 is 5.65 Å². The largest absolute Gasteiger partial charge is 0.274 e. The van der Waals surface area contributed by atoms with Crippen LogP contribution in [0.3, 0.4) is 0 Å². The van der Waals surface area contributed by atoms with Gasteiger partial charge < -0.3 is 0 Å². The molecule has 0 fully saturated rings. The summed E-state index contributed by atoms with van der Waals surface area (Å²) < 4.78 is 2.84. The van der Waals surface area contributed by atoms with Gasteiger partial charge in [-0.15, -0.1) is 14.8 Å². The van der Waals surface area contributed by atoms with Crippen molar-refractivity contribution in [3.63, 3.8) is 0 Å². The van der Waals surface area contributed by atoms with E-state index in [2.05, 4.69) is 25.6 Å². The minimum atomic E-state index is 0.264. The molecule has 3 aromatic heterocycles. The van der Waals surface area contributed by atoms with Crippen LogP contribution in [-0.4, -0.2) is 34.8 Å². The number of hydrogen-bond donors (Lipinski definition) is 0. The fourth-order valence-electron chi connectivity index (χ4n) is 1.34. The third-order valence-corrected chi connectivity index (χ3v) is 2.04. The summed E-state index contributed by atoms with van der Waals surface area (Å²) in [5.41, 5.74) is 0.544. The van der Waals surface area contributed by atoms with Crippen molar-refractivity contribution in [3.8, 4) is 11.9 Å². The second-order valence-electron chi connectivity index (χ2n) is 2.95. The van der Waals surface area contributed by atoms with Gasteiger partial charge in [-0.1, -0.05) is 0 Å². The number of tetrazole rings is 1. The molecule has 0 aromatic carbocycles. The Hall–Kier alpha value is -2.82. The van der Waals surface area contributed by atoms with Gasteiger partial charge in [-0.2, -0.15) is 5.26 Å². The van der Waals surface area contributed by atoms with Gasteiger partial charge in [-0.25, -0.2) is 4.98 Å². The van der Waals surface area contributed by atoms with Gasteiger partial charge in [0.05, 0.1) is 0 Å². The smallest absolute Gasteiger partial charge is 0.218 e. The number of imidazole rings is 1. The summed E-state index contributed by atoms with van der Waals surface area (Å²) in [6.45, 7) is 0. The third kappa shape index (κ3) is 1.12. The minimum absolute atomic E-state index is 0.264. The van der Waals surface area contributed by atoms with Gasteiger partial charge in [0.25, 0.3) is 0 Å². The van der Waals surface area contributed by atoms with Gasteiger partial charge in [0.1, 0.15) is 6.07 Å². The zero-order valence-corrected chi connectivity index (χ0v) is 7.89. The molecule has 0 unspecified atom stereocenters. The number of fused-ring (bicyclic) bond motifs is 1. The summed E-state index contributed by atoms with van der Waals surface area (Å²) in [5, 5.41) is 23.9. The molecule has 0 aliphatic heterocycles. The first-order chi connectivity index (χ1) is 7.88. The molecule has 0 saturated heterocycles. The topological polar surface area (TPSA) is 97.6 Å². The average molecular weight is 212 g/mol. The number of hydrogen-bond acceptors (Lipinski definition) is 6. The molecule has 3 heterocycles. The van der Waals surface area contributed by atoms with Crippen LogP contribution in [0.25, 0.3) is 11.5 Å². The predicted octanol–water partition coefficient (Wildman–Crippen LogP) is -0.423. The fourth-order valence-corrected chi connectivity index (χ4v) is 1.34. The molecule has 0 aliphatic rings. The molecule has 0 saturated carbocycles. The van der Waals surface area contributed by atoms with Crippen LogP contribution < -0.4 is 0 Å². The van der Waals surface area contributed by atoms with E-state index in [9.17, 15) is 0 Å². The van der Waals surface area contributed by atoms with Crippen LogP contribution in [-0.2, 0) is 0 Å². The van der Waals surface area contributed by atoms with Crippen molar-refractivity contribution in [3.05, 3.63) is 30.4 Å². The molecular weight excluding hydrogens is 208 g/mol. The van der Waals surface area contributed by atoms with E-state index in [0.717, 1.165) is 0 Å². The molecule has 0 amide bonds. The highest BCUT2D eigenvalue weighted by Crippen LogP contribution is 2.07. The van der Waals surface area contributed by atoms with E-state index >= 15 is 0 Å². The maximum Gasteiger partial charge on any atom is 0.218 e. The Balaban J connectivity index is 2.22. The summed E-state index contributed by atoms with van der Waals surface area (Å²) in [6, 6.07) is 5.40. The van der Waals surface area contributed by atoms with Crippen LogP contribution in [0, 0.1) is 11.3 Å². The molecule has 0 spiro atoms. The van der Waals surface area contributed by atoms with E-state index in [0.29, 0.717) is 11.5 Å². The zero-order chi connectivity index (χ0) is 11.0. The molecule has 8 heteroatoms. The Morgan fingerprint density at radius 1 is 1.31 bits per heavy atom. The number of rotatable bonds is 1. The minimum Gasteiger partial charge on any atom is -0.274 e. The zero-order valence-electron chi connectivity index (χ0n) is 7.89. The van der Waals surface area contributed by atoms with Crippen molar-refractivity contribution in [1.82, 2.24) is 34.8 Å². The normalized spacial score (nSPS) is 10.4. The average Bonchev–Trinajstić information content (AvgIpc) is 2.96. The number of nitriles is 1. The standard InChI is InChI=1S/C8H4N8/c9-5-8-10-3-4-15(8)7-2-1-6-11-13-14-16(6)12-7/h1-4H. The summed E-state index contributed by atoms with van der Waals surface area (Å²) in [6.07, 6.45) is 3.18. The molecule has 0 bridgehead atoms. The molecule has 0 radical (unpaired) electrons. The quantitative estimate of drug-likeness (QED) is 0.543.